The van der Waals surface area contributed by atoms with E-state index in [2.05, 4.69) is 117 Å². The topological polar surface area (TPSA) is 4.93 Å². The smallest absolute Gasteiger partial charge is 0.247 e. The molecule has 6 heteroatoms. The molecule has 0 saturated carbocycles. The molecule has 0 unspecified atom stereocenters. The summed E-state index contributed by atoms with van der Waals surface area (Å²) in [5, 5.41) is 11.8. The Bertz CT molecular complexity index is 2020. The van der Waals surface area contributed by atoms with Gasteiger partial charge in [0, 0.05) is 31.8 Å². The van der Waals surface area contributed by atoms with Crippen molar-refractivity contribution in [2.45, 2.75) is 9.79 Å². The number of hydrogen-bond acceptors (Lipinski definition) is 3. The Morgan fingerprint density at radius 1 is 0.553 bits per heavy atom. The highest BCUT2D eigenvalue weighted by atomic mass is 32.2. The predicted molar refractivity (Wildman–Crippen MR) is 169 cm³/mol. The number of rotatable bonds is 2. The van der Waals surface area contributed by atoms with Gasteiger partial charge in [0.15, 0.2) is 0 Å². The molecule has 2 aliphatic heterocycles. The summed E-state index contributed by atoms with van der Waals surface area (Å²) < 4.78 is 2.55. The molecule has 0 aliphatic carbocycles. The van der Waals surface area contributed by atoms with E-state index in [-0.39, 0.29) is 13.4 Å². The van der Waals surface area contributed by atoms with Gasteiger partial charge in [-0.2, -0.15) is 22.7 Å². The van der Waals surface area contributed by atoms with Crippen LogP contribution in [0.1, 0.15) is 0 Å². The average molecular weight is 535 g/mol. The van der Waals surface area contributed by atoms with Gasteiger partial charge in [0.25, 0.3) is 0 Å². The van der Waals surface area contributed by atoms with Crippen molar-refractivity contribution in [3.8, 4) is 5.69 Å². The summed E-state index contributed by atoms with van der Waals surface area (Å²) in [6.45, 7) is 0.465. The SMILES string of the molecule is c1ccc2c(c1)Sc1cc3c(cc1B2c1ccsc1)-n1c2ccccc2c2cccc(c21)B3c1ccsc1. The summed E-state index contributed by atoms with van der Waals surface area (Å²) in [5.41, 5.74) is 12.4. The van der Waals surface area contributed by atoms with E-state index < -0.39 is 0 Å². The van der Waals surface area contributed by atoms with E-state index in [0.29, 0.717) is 0 Å². The molecule has 9 rings (SSSR count). The highest BCUT2D eigenvalue weighted by Crippen LogP contribution is 2.35. The summed E-state index contributed by atoms with van der Waals surface area (Å²) in [4.78, 5) is 2.75. The van der Waals surface area contributed by atoms with Crippen LogP contribution >= 0.6 is 34.4 Å². The Labute approximate surface area is 233 Å². The molecular weight excluding hydrogens is 516 g/mol. The quantitative estimate of drug-likeness (QED) is 0.290. The van der Waals surface area contributed by atoms with Gasteiger partial charge in [-0.05, 0) is 50.6 Å². The van der Waals surface area contributed by atoms with Crippen molar-refractivity contribution in [2.75, 3.05) is 0 Å². The maximum Gasteiger partial charge on any atom is 0.247 e. The average Bonchev–Trinajstić information content (AvgIpc) is 3.73. The maximum atomic E-state index is 2.55. The van der Waals surface area contributed by atoms with Gasteiger partial charge in [0.1, 0.15) is 0 Å². The van der Waals surface area contributed by atoms with Crippen LogP contribution in [0.15, 0.2) is 122 Å². The first-order chi connectivity index (χ1) is 18.9. The third-order valence-electron chi connectivity index (χ3n) is 8.26. The Morgan fingerprint density at radius 2 is 1.26 bits per heavy atom. The van der Waals surface area contributed by atoms with Crippen molar-refractivity contribution in [3.63, 3.8) is 0 Å². The molecule has 4 aromatic carbocycles. The van der Waals surface area contributed by atoms with Gasteiger partial charge in [-0.15, -0.1) is 0 Å². The van der Waals surface area contributed by atoms with Crippen molar-refractivity contribution >= 4 is 102 Å². The molecule has 0 atom stereocenters. The van der Waals surface area contributed by atoms with Crippen LogP contribution in [0.5, 0.6) is 0 Å². The molecule has 3 aromatic heterocycles. The largest absolute Gasteiger partial charge is 0.310 e. The highest BCUT2D eigenvalue weighted by molar-refractivity contribution is 8.00. The number of benzene rings is 4. The van der Waals surface area contributed by atoms with Gasteiger partial charge < -0.3 is 4.57 Å². The summed E-state index contributed by atoms with van der Waals surface area (Å²) in [7, 11) is 0. The van der Waals surface area contributed by atoms with E-state index in [1.165, 1.54) is 70.1 Å². The van der Waals surface area contributed by atoms with Gasteiger partial charge in [0.05, 0.1) is 5.52 Å². The van der Waals surface area contributed by atoms with E-state index in [1.807, 2.05) is 11.8 Å². The summed E-state index contributed by atoms with van der Waals surface area (Å²) >= 11 is 5.51. The Hall–Kier alpha value is -3.44. The fourth-order valence-corrected chi connectivity index (χ4v) is 9.27. The molecule has 7 aromatic rings. The Morgan fingerprint density at radius 3 is 2.08 bits per heavy atom. The first kappa shape index (κ1) is 21.5. The van der Waals surface area contributed by atoms with Crippen LogP contribution in [0.3, 0.4) is 0 Å². The summed E-state index contributed by atoms with van der Waals surface area (Å²) in [6.07, 6.45) is 0. The van der Waals surface area contributed by atoms with Crippen molar-refractivity contribution < 1.29 is 0 Å². The molecular formula is C32H19B2NS3. The van der Waals surface area contributed by atoms with E-state index in [9.17, 15) is 0 Å². The molecule has 2 aliphatic rings. The number of para-hydroxylation sites is 2. The molecule has 0 bridgehead atoms. The standard InChI is InChI=1S/C32H19B2NS3/c1-3-10-28-22(6-1)23-7-5-9-25-32(23)35(28)29-16-27-31(17-26(29)34(25)21-13-15-37-19-21)38-30-11-4-2-8-24(30)33(27)20-12-14-36-18-20/h1-19H. The van der Waals surface area contributed by atoms with Crippen LogP contribution in [0.25, 0.3) is 27.5 Å². The van der Waals surface area contributed by atoms with Crippen LogP contribution in [0, 0.1) is 0 Å². The third-order valence-corrected chi connectivity index (χ3v) is 10.8. The molecule has 1 nitrogen and oxygen atoms in total. The number of fused-ring (bicyclic) bond motifs is 7. The first-order valence-corrected chi connectivity index (χ1v) is 15.6. The van der Waals surface area contributed by atoms with E-state index in [4.69, 9.17) is 0 Å². The normalized spacial score (nSPS) is 13.6. The zero-order valence-corrected chi connectivity index (χ0v) is 22.7. The summed E-state index contributed by atoms with van der Waals surface area (Å²) in [6, 6.07) is 34.4. The Kier molecular flexibility index (Phi) is 4.54. The number of nitrogens with zero attached hydrogens (tertiary/aromatic N) is 1. The number of aromatic nitrogens is 1. The molecule has 0 radical (unpaired) electrons. The lowest BCUT2D eigenvalue weighted by Gasteiger charge is -2.31. The van der Waals surface area contributed by atoms with Crippen LogP contribution in [0.2, 0.25) is 0 Å². The van der Waals surface area contributed by atoms with Crippen molar-refractivity contribution in [1.82, 2.24) is 4.57 Å². The monoisotopic (exact) mass is 535 g/mol. The zero-order chi connectivity index (χ0) is 24.8. The second kappa shape index (κ2) is 8.03. The first-order valence-electron chi connectivity index (χ1n) is 12.9. The molecule has 0 amide bonds. The number of hydrogen-bond donors (Lipinski definition) is 0. The van der Waals surface area contributed by atoms with Crippen LogP contribution < -0.4 is 32.8 Å². The highest BCUT2D eigenvalue weighted by Gasteiger charge is 2.38. The van der Waals surface area contributed by atoms with Gasteiger partial charge in [-0.1, -0.05) is 106 Å². The van der Waals surface area contributed by atoms with Gasteiger partial charge in [-0.3, -0.25) is 0 Å². The molecule has 0 fully saturated rings. The lowest BCUT2D eigenvalue weighted by molar-refractivity contribution is 1.18. The lowest BCUT2D eigenvalue weighted by atomic mass is 9.34. The number of thiophene rings is 2. The molecule has 0 spiro atoms. The van der Waals surface area contributed by atoms with Gasteiger partial charge >= 0.3 is 0 Å². The van der Waals surface area contributed by atoms with Gasteiger partial charge in [0.2, 0.25) is 13.4 Å². The fourth-order valence-electron chi connectivity index (χ4n) is 6.73. The molecule has 38 heavy (non-hydrogen) atoms. The minimum absolute atomic E-state index is 0.222. The molecule has 0 N–H and O–H groups in total. The second-order valence-electron chi connectivity index (χ2n) is 10.2. The molecule has 5 heterocycles. The van der Waals surface area contributed by atoms with E-state index in [0.717, 1.165) is 0 Å². The minimum Gasteiger partial charge on any atom is -0.310 e. The fraction of sp³-hybridized carbons (Fsp3) is 0. The van der Waals surface area contributed by atoms with Crippen LogP contribution in [0.4, 0.5) is 0 Å². The van der Waals surface area contributed by atoms with Crippen molar-refractivity contribution in [3.05, 3.63) is 113 Å². The lowest BCUT2D eigenvalue weighted by Crippen LogP contribution is -2.58. The third kappa shape index (κ3) is 2.86. The van der Waals surface area contributed by atoms with Crippen molar-refractivity contribution in [1.29, 1.82) is 0 Å². The van der Waals surface area contributed by atoms with E-state index in [1.54, 1.807) is 22.7 Å². The molecule has 176 valence electrons. The minimum atomic E-state index is 0.222. The van der Waals surface area contributed by atoms with Crippen LogP contribution in [-0.4, -0.2) is 18.0 Å². The van der Waals surface area contributed by atoms with Gasteiger partial charge in [-0.25, -0.2) is 0 Å². The Balaban J connectivity index is 1.42. The summed E-state index contributed by atoms with van der Waals surface area (Å²) in [5.74, 6) is 0. The van der Waals surface area contributed by atoms with Crippen molar-refractivity contribution in [2.24, 2.45) is 0 Å². The maximum absolute atomic E-state index is 2.55. The van der Waals surface area contributed by atoms with Crippen LogP contribution in [-0.2, 0) is 0 Å². The zero-order valence-electron chi connectivity index (χ0n) is 20.3. The van der Waals surface area contributed by atoms with E-state index >= 15 is 0 Å². The second-order valence-corrected chi connectivity index (χ2v) is 12.8. The molecule has 0 saturated heterocycles. The predicted octanol–water partition coefficient (Wildman–Crippen LogP) is 4.72.